The number of hydrogen-bond acceptors (Lipinski definition) is 4. The molecule has 2 fully saturated rings. The molecule has 116 valence electrons. The van der Waals surface area contributed by atoms with Crippen LogP contribution in [-0.4, -0.2) is 49.2 Å². The minimum absolute atomic E-state index is 0.0393. The molecule has 0 aromatic rings. The summed E-state index contributed by atoms with van der Waals surface area (Å²) >= 11 is 0. The first-order valence-electron chi connectivity index (χ1n) is 8.27. The maximum atomic E-state index is 12.6. The van der Waals surface area contributed by atoms with E-state index in [2.05, 4.69) is 24.1 Å². The van der Waals surface area contributed by atoms with E-state index >= 15 is 0 Å². The molecule has 0 aromatic heterocycles. The van der Waals surface area contributed by atoms with Gasteiger partial charge in [-0.25, -0.2) is 4.79 Å². The van der Waals surface area contributed by atoms with Crippen LogP contribution in [-0.2, 0) is 9.53 Å². The van der Waals surface area contributed by atoms with Gasteiger partial charge in [0, 0.05) is 13.1 Å². The quantitative estimate of drug-likeness (QED) is 0.726. The summed E-state index contributed by atoms with van der Waals surface area (Å²) in [4.78, 5) is 15.0. The van der Waals surface area contributed by atoms with Gasteiger partial charge >= 0.3 is 5.97 Å². The van der Waals surface area contributed by atoms with Crippen LogP contribution in [0.2, 0.25) is 0 Å². The zero-order valence-corrected chi connectivity index (χ0v) is 13.3. The summed E-state index contributed by atoms with van der Waals surface area (Å²) in [5, 5.41) is 3.49. The lowest BCUT2D eigenvalue weighted by Gasteiger charge is -2.40. The Hall–Kier alpha value is -0.610. The number of hydrogen-bond donors (Lipinski definition) is 1. The van der Waals surface area contributed by atoms with Crippen molar-refractivity contribution in [1.29, 1.82) is 0 Å². The van der Waals surface area contributed by atoms with Gasteiger partial charge in [0.25, 0.3) is 0 Å². The van der Waals surface area contributed by atoms with Gasteiger partial charge in [-0.15, -0.1) is 0 Å². The third kappa shape index (κ3) is 3.53. The predicted molar refractivity (Wildman–Crippen MR) is 80.6 cm³/mol. The summed E-state index contributed by atoms with van der Waals surface area (Å²) in [6.07, 6.45) is 4.86. The highest BCUT2D eigenvalue weighted by molar-refractivity contribution is 5.82. The molecule has 2 aliphatic rings. The highest BCUT2D eigenvalue weighted by Gasteiger charge is 2.52. The summed E-state index contributed by atoms with van der Waals surface area (Å²) < 4.78 is 5.40. The van der Waals surface area contributed by atoms with Crippen LogP contribution < -0.4 is 5.32 Å². The summed E-state index contributed by atoms with van der Waals surface area (Å²) in [6.45, 7) is 10.6. The third-order valence-corrected chi connectivity index (χ3v) is 4.62. The fourth-order valence-corrected chi connectivity index (χ4v) is 3.57. The van der Waals surface area contributed by atoms with Crippen LogP contribution >= 0.6 is 0 Å². The van der Waals surface area contributed by atoms with Crippen molar-refractivity contribution in [2.45, 2.75) is 52.0 Å². The van der Waals surface area contributed by atoms with Crippen LogP contribution in [0.15, 0.2) is 0 Å². The Morgan fingerprint density at radius 2 is 2.10 bits per heavy atom. The first kappa shape index (κ1) is 15.8. The topological polar surface area (TPSA) is 41.6 Å². The first-order chi connectivity index (χ1) is 9.62. The lowest BCUT2D eigenvalue weighted by Crippen LogP contribution is -2.62. The van der Waals surface area contributed by atoms with Gasteiger partial charge in [0.05, 0.1) is 6.61 Å². The molecule has 4 heteroatoms. The zero-order chi connectivity index (χ0) is 14.6. The number of likely N-dealkylation sites (tertiary alicyclic amines) is 1. The number of ether oxygens (including phenoxy) is 1. The standard InChI is InChI=1S/C16H30N2O2/c1-4-17-16(14-8-9-14,15(19)20-5-2)12-18-10-6-7-13(3)11-18/h13-14,17H,4-12H2,1-3H3. The number of likely N-dealkylation sites (N-methyl/N-ethyl adjacent to an activating group) is 1. The molecule has 0 spiro atoms. The Labute approximate surface area is 123 Å². The predicted octanol–water partition coefficient (Wildman–Crippen LogP) is 2.04. The fraction of sp³-hybridized carbons (Fsp3) is 0.938. The van der Waals surface area contributed by atoms with E-state index in [1.807, 2.05) is 6.92 Å². The Kier molecular flexibility index (Phi) is 5.44. The molecule has 1 aliphatic heterocycles. The van der Waals surface area contributed by atoms with E-state index in [9.17, 15) is 4.79 Å². The highest BCUT2D eigenvalue weighted by Crippen LogP contribution is 2.41. The minimum atomic E-state index is -0.470. The molecule has 1 saturated carbocycles. The van der Waals surface area contributed by atoms with Gasteiger partial charge in [-0.3, -0.25) is 0 Å². The summed E-state index contributed by atoms with van der Waals surface area (Å²) in [7, 11) is 0. The average Bonchev–Trinajstić information content (AvgIpc) is 3.23. The van der Waals surface area contributed by atoms with Crippen molar-refractivity contribution < 1.29 is 9.53 Å². The van der Waals surface area contributed by atoms with Gasteiger partial charge in [-0.05, 0) is 57.5 Å². The monoisotopic (exact) mass is 282 g/mol. The molecule has 0 bridgehead atoms. The number of carbonyl (C=O) groups is 1. The normalized spacial score (nSPS) is 27.1. The summed E-state index contributed by atoms with van der Waals surface area (Å²) in [5.74, 6) is 1.16. The molecular weight excluding hydrogens is 252 g/mol. The SMILES string of the molecule is CCNC(CN1CCCC(C)C1)(C(=O)OCC)C1CC1. The van der Waals surface area contributed by atoms with E-state index in [4.69, 9.17) is 4.74 Å². The van der Waals surface area contributed by atoms with Crippen LogP contribution in [0.1, 0.15) is 46.5 Å². The second kappa shape index (κ2) is 6.90. The van der Waals surface area contributed by atoms with E-state index in [1.165, 1.54) is 12.8 Å². The van der Waals surface area contributed by atoms with Crippen molar-refractivity contribution in [2.75, 3.05) is 32.8 Å². The summed E-state index contributed by atoms with van der Waals surface area (Å²) in [6, 6.07) is 0. The molecule has 1 heterocycles. The maximum Gasteiger partial charge on any atom is 0.327 e. The second-order valence-electron chi connectivity index (χ2n) is 6.48. The summed E-state index contributed by atoms with van der Waals surface area (Å²) in [5.41, 5.74) is -0.470. The van der Waals surface area contributed by atoms with Crippen LogP contribution in [0.5, 0.6) is 0 Å². The fourth-order valence-electron chi connectivity index (χ4n) is 3.57. The molecule has 20 heavy (non-hydrogen) atoms. The highest BCUT2D eigenvalue weighted by atomic mass is 16.5. The average molecular weight is 282 g/mol. The molecule has 0 radical (unpaired) electrons. The Morgan fingerprint density at radius 1 is 1.35 bits per heavy atom. The molecule has 1 saturated heterocycles. The number of carbonyl (C=O) groups excluding carboxylic acids is 1. The van der Waals surface area contributed by atoms with Gasteiger partial charge in [0.15, 0.2) is 0 Å². The second-order valence-corrected chi connectivity index (χ2v) is 6.48. The van der Waals surface area contributed by atoms with E-state index in [0.29, 0.717) is 12.5 Å². The van der Waals surface area contributed by atoms with E-state index < -0.39 is 5.54 Å². The largest absolute Gasteiger partial charge is 0.465 e. The van der Waals surface area contributed by atoms with Crippen molar-refractivity contribution in [2.24, 2.45) is 11.8 Å². The maximum absolute atomic E-state index is 12.6. The molecule has 1 N–H and O–H groups in total. The Morgan fingerprint density at radius 3 is 2.65 bits per heavy atom. The van der Waals surface area contributed by atoms with Crippen molar-refractivity contribution in [3.8, 4) is 0 Å². The van der Waals surface area contributed by atoms with Gasteiger partial charge in [-0.2, -0.15) is 0 Å². The molecule has 0 amide bonds. The first-order valence-corrected chi connectivity index (χ1v) is 8.27. The van der Waals surface area contributed by atoms with Crippen molar-refractivity contribution >= 4 is 5.97 Å². The van der Waals surface area contributed by atoms with E-state index in [1.54, 1.807) is 0 Å². The molecule has 2 unspecified atom stereocenters. The Balaban J connectivity index is 2.10. The lowest BCUT2D eigenvalue weighted by molar-refractivity contribution is -0.153. The molecule has 2 rings (SSSR count). The number of nitrogens with zero attached hydrogens (tertiary/aromatic N) is 1. The number of piperidine rings is 1. The zero-order valence-electron chi connectivity index (χ0n) is 13.3. The van der Waals surface area contributed by atoms with E-state index in [-0.39, 0.29) is 5.97 Å². The van der Waals surface area contributed by atoms with Gasteiger partial charge in [0.1, 0.15) is 5.54 Å². The van der Waals surface area contributed by atoms with Gasteiger partial charge in [-0.1, -0.05) is 13.8 Å². The molecular formula is C16H30N2O2. The number of esters is 1. The van der Waals surface area contributed by atoms with E-state index in [0.717, 1.165) is 44.9 Å². The van der Waals surface area contributed by atoms with Crippen molar-refractivity contribution in [3.05, 3.63) is 0 Å². The van der Waals surface area contributed by atoms with Crippen molar-refractivity contribution in [3.63, 3.8) is 0 Å². The van der Waals surface area contributed by atoms with Crippen LogP contribution in [0, 0.1) is 11.8 Å². The molecule has 4 nitrogen and oxygen atoms in total. The Bertz CT molecular complexity index is 330. The smallest absolute Gasteiger partial charge is 0.327 e. The lowest BCUT2D eigenvalue weighted by atomic mass is 9.90. The molecule has 1 aliphatic carbocycles. The van der Waals surface area contributed by atoms with Gasteiger partial charge < -0.3 is 15.0 Å². The van der Waals surface area contributed by atoms with Crippen LogP contribution in [0.25, 0.3) is 0 Å². The number of rotatable bonds is 7. The van der Waals surface area contributed by atoms with Crippen LogP contribution in [0.3, 0.4) is 0 Å². The molecule has 0 aromatic carbocycles. The third-order valence-electron chi connectivity index (χ3n) is 4.62. The minimum Gasteiger partial charge on any atom is -0.465 e. The van der Waals surface area contributed by atoms with Crippen molar-refractivity contribution in [1.82, 2.24) is 10.2 Å². The number of nitrogens with one attached hydrogen (secondary N) is 1. The van der Waals surface area contributed by atoms with Gasteiger partial charge in [0.2, 0.25) is 0 Å². The van der Waals surface area contributed by atoms with Crippen LogP contribution in [0.4, 0.5) is 0 Å². The molecule has 2 atom stereocenters.